The molecule has 0 aliphatic carbocycles. The minimum Gasteiger partial charge on any atom is -0.278 e. The van der Waals surface area contributed by atoms with Gasteiger partial charge in [-0.3, -0.25) is 9.98 Å². The van der Waals surface area contributed by atoms with E-state index < -0.39 is 17.8 Å². The summed E-state index contributed by atoms with van der Waals surface area (Å²) in [6, 6.07) is 18.2. The average Bonchev–Trinajstić information content (AvgIpc) is 2.62. The van der Waals surface area contributed by atoms with Crippen LogP contribution in [0.15, 0.2) is 77.9 Å². The second-order valence-corrected chi connectivity index (χ2v) is 5.98. The lowest BCUT2D eigenvalue weighted by Gasteiger charge is -2.17. The molecule has 132 valence electrons. The number of halogens is 3. The van der Waals surface area contributed by atoms with Crippen LogP contribution in [0.3, 0.4) is 0 Å². The Morgan fingerprint density at radius 3 is 2.31 bits per heavy atom. The zero-order chi connectivity index (χ0) is 18.6. The standard InChI is InChI=1S/C21H17F3N2/c1-15-11-17(13-18(12-15)21(22,23)24)20(16-7-3-2-4-8-16)26-14-19-9-5-6-10-25-19/h2-14,20H,1H3. The first-order valence-electron chi connectivity index (χ1n) is 8.11. The molecule has 0 radical (unpaired) electrons. The molecule has 0 saturated carbocycles. The summed E-state index contributed by atoms with van der Waals surface area (Å²) in [6.07, 6.45) is -1.16. The van der Waals surface area contributed by atoms with Crippen molar-refractivity contribution in [1.29, 1.82) is 0 Å². The van der Waals surface area contributed by atoms with Crippen molar-refractivity contribution in [2.75, 3.05) is 0 Å². The van der Waals surface area contributed by atoms with E-state index in [1.165, 1.54) is 6.07 Å². The fourth-order valence-corrected chi connectivity index (χ4v) is 2.74. The minimum atomic E-state index is -4.40. The molecule has 0 amide bonds. The SMILES string of the molecule is Cc1cc(C(N=Cc2ccccn2)c2ccccc2)cc(C(F)(F)F)c1. The van der Waals surface area contributed by atoms with E-state index in [1.807, 2.05) is 36.4 Å². The fraction of sp³-hybridized carbons (Fsp3) is 0.143. The van der Waals surface area contributed by atoms with Crippen molar-refractivity contribution in [3.05, 3.63) is 101 Å². The van der Waals surface area contributed by atoms with Gasteiger partial charge in [0.05, 0.1) is 11.3 Å². The summed E-state index contributed by atoms with van der Waals surface area (Å²) in [4.78, 5) is 8.73. The third-order valence-electron chi connectivity index (χ3n) is 3.90. The van der Waals surface area contributed by atoms with Crippen LogP contribution in [0.5, 0.6) is 0 Å². The van der Waals surface area contributed by atoms with Crippen molar-refractivity contribution in [2.45, 2.75) is 19.1 Å². The van der Waals surface area contributed by atoms with Gasteiger partial charge in [0.15, 0.2) is 0 Å². The largest absolute Gasteiger partial charge is 0.416 e. The summed E-state index contributed by atoms with van der Waals surface area (Å²) >= 11 is 0. The summed E-state index contributed by atoms with van der Waals surface area (Å²) in [5, 5.41) is 0. The van der Waals surface area contributed by atoms with Crippen LogP contribution in [0.2, 0.25) is 0 Å². The number of alkyl halides is 3. The highest BCUT2D eigenvalue weighted by Crippen LogP contribution is 2.34. The molecule has 3 rings (SSSR count). The Labute approximate surface area is 150 Å². The third-order valence-corrected chi connectivity index (χ3v) is 3.90. The van der Waals surface area contributed by atoms with Crippen LogP contribution in [0.25, 0.3) is 0 Å². The summed E-state index contributed by atoms with van der Waals surface area (Å²) in [7, 11) is 0. The first-order valence-corrected chi connectivity index (χ1v) is 8.11. The van der Waals surface area contributed by atoms with Gasteiger partial charge in [-0.15, -0.1) is 0 Å². The van der Waals surface area contributed by atoms with Crippen molar-refractivity contribution in [1.82, 2.24) is 4.98 Å². The van der Waals surface area contributed by atoms with Crippen molar-refractivity contribution in [2.24, 2.45) is 4.99 Å². The molecule has 0 N–H and O–H groups in total. The molecule has 0 fully saturated rings. The quantitative estimate of drug-likeness (QED) is 0.559. The lowest BCUT2D eigenvalue weighted by atomic mass is 9.95. The van der Waals surface area contributed by atoms with Crippen LogP contribution in [-0.4, -0.2) is 11.2 Å². The molecule has 1 atom stereocenters. The molecular formula is C21H17F3N2. The van der Waals surface area contributed by atoms with E-state index in [9.17, 15) is 13.2 Å². The molecule has 26 heavy (non-hydrogen) atoms. The number of hydrogen-bond acceptors (Lipinski definition) is 2. The van der Waals surface area contributed by atoms with E-state index in [4.69, 9.17) is 0 Å². The van der Waals surface area contributed by atoms with Gasteiger partial charge in [-0.25, -0.2) is 0 Å². The number of aromatic nitrogens is 1. The minimum absolute atomic E-state index is 0.496. The van der Waals surface area contributed by atoms with Crippen molar-refractivity contribution >= 4 is 6.21 Å². The molecule has 0 saturated heterocycles. The van der Waals surface area contributed by atoms with Crippen LogP contribution in [0, 0.1) is 6.92 Å². The van der Waals surface area contributed by atoms with Crippen molar-refractivity contribution < 1.29 is 13.2 Å². The Morgan fingerprint density at radius 1 is 0.923 bits per heavy atom. The monoisotopic (exact) mass is 354 g/mol. The number of nitrogens with zero attached hydrogens (tertiary/aromatic N) is 2. The molecule has 2 nitrogen and oxygen atoms in total. The highest BCUT2D eigenvalue weighted by molar-refractivity contribution is 5.77. The van der Waals surface area contributed by atoms with Gasteiger partial charge in [0.25, 0.3) is 0 Å². The fourth-order valence-electron chi connectivity index (χ4n) is 2.74. The normalized spacial score (nSPS) is 13.1. The summed E-state index contributed by atoms with van der Waals surface area (Å²) < 4.78 is 39.6. The van der Waals surface area contributed by atoms with Gasteiger partial charge in [0, 0.05) is 12.4 Å². The Bertz CT molecular complexity index is 888. The van der Waals surface area contributed by atoms with Gasteiger partial charge >= 0.3 is 6.18 Å². The zero-order valence-corrected chi connectivity index (χ0v) is 14.1. The van der Waals surface area contributed by atoms with Gasteiger partial charge < -0.3 is 0 Å². The van der Waals surface area contributed by atoms with Gasteiger partial charge in [-0.05, 0) is 42.3 Å². The molecule has 0 aliphatic heterocycles. The van der Waals surface area contributed by atoms with Crippen LogP contribution >= 0.6 is 0 Å². The Hall–Kier alpha value is -2.95. The van der Waals surface area contributed by atoms with Crippen molar-refractivity contribution in [3.63, 3.8) is 0 Å². The van der Waals surface area contributed by atoms with Crippen LogP contribution in [0.1, 0.15) is 34.0 Å². The average molecular weight is 354 g/mol. The Morgan fingerprint density at radius 2 is 1.65 bits per heavy atom. The second kappa shape index (κ2) is 7.52. The van der Waals surface area contributed by atoms with E-state index in [0.29, 0.717) is 16.8 Å². The van der Waals surface area contributed by atoms with E-state index in [2.05, 4.69) is 9.98 Å². The maximum absolute atomic E-state index is 13.2. The topological polar surface area (TPSA) is 25.2 Å². The first kappa shape index (κ1) is 17.9. The second-order valence-electron chi connectivity index (χ2n) is 5.98. The van der Waals surface area contributed by atoms with Gasteiger partial charge in [-0.2, -0.15) is 13.2 Å². The van der Waals surface area contributed by atoms with E-state index in [-0.39, 0.29) is 0 Å². The number of rotatable bonds is 4. The van der Waals surface area contributed by atoms with E-state index in [0.717, 1.165) is 11.6 Å². The predicted octanol–water partition coefficient (Wildman–Crippen LogP) is 5.62. The molecule has 1 heterocycles. The molecule has 0 spiro atoms. The number of aliphatic imine (C=N–C) groups is 1. The molecule has 5 heteroatoms. The molecule has 0 bridgehead atoms. The van der Waals surface area contributed by atoms with Gasteiger partial charge in [0.1, 0.15) is 6.04 Å². The summed E-state index contributed by atoms with van der Waals surface area (Å²) in [5.74, 6) is 0. The zero-order valence-electron chi connectivity index (χ0n) is 14.1. The number of aryl methyl sites for hydroxylation is 1. The molecular weight excluding hydrogens is 337 g/mol. The van der Waals surface area contributed by atoms with Crippen LogP contribution < -0.4 is 0 Å². The molecule has 0 aliphatic rings. The Balaban J connectivity index is 2.07. The number of benzene rings is 2. The first-order chi connectivity index (χ1) is 12.4. The summed E-state index contributed by atoms with van der Waals surface area (Å²) in [6.45, 7) is 1.66. The van der Waals surface area contributed by atoms with Crippen molar-refractivity contribution in [3.8, 4) is 0 Å². The highest BCUT2D eigenvalue weighted by Gasteiger charge is 2.31. The predicted molar refractivity (Wildman–Crippen MR) is 96.3 cm³/mol. The number of pyridine rings is 1. The molecule has 1 aromatic heterocycles. The maximum atomic E-state index is 13.2. The number of hydrogen-bond donors (Lipinski definition) is 0. The van der Waals surface area contributed by atoms with Crippen LogP contribution in [-0.2, 0) is 6.18 Å². The highest BCUT2D eigenvalue weighted by atomic mass is 19.4. The lowest BCUT2D eigenvalue weighted by Crippen LogP contribution is -2.08. The van der Waals surface area contributed by atoms with Gasteiger partial charge in [-0.1, -0.05) is 48.0 Å². The maximum Gasteiger partial charge on any atom is 0.416 e. The summed E-state index contributed by atoms with van der Waals surface area (Å²) in [5.41, 5.74) is 1.84. The van der Waals surface area contributed by atoms with Crippen LogP contribution in [0.4, 0.5) is 13.2 Å². The third kappa shape index (κ3) is 4.36. The molecule has 3 aromatic rings. The van der Waals surface area contributed by atoms with E-state index in [1.54, 1.807) is 37.5 Å². The molecule has 2 aromatic carbocycles. The lowest BCUT2D eigenvalue weighted by molar-refractivity contribution is -0.137. The smallest absolute Gasteiger partial charge is 0.278 e. The van der Waals surface area contributed by atoms with Gasteiger partial charge in [0.2, 0.25) is 0 Å². The Kier molecular flexibility index (Phi) is 5.16. The van der Waals surface area contributed by atoms with E-state index >= 15 is 0 Å². The molecule has 1 unspecified atom stereocenters.